The molecule has 0 bridgehead atoms. The normalized spacial score (nSPS) is 12.3. The Kier molecular flexibility index (Phi) is 4.60. The van der Waals surface area contributed by atoms with Crippen LogP contribution in [-0.4, -0.2) is 7.11 Å². The molecule has 0 aliphatic carbocycles. The van der Waals surface area contributed by atoms with Gasteiger partial charge in [0.2, 0.25) is 0 Å². The van der Waals surface area contributed by atoms with Gasteiger partial charge in [-0.2, -0.15) is 0 Å². The quantitative estimate of drug-likeness (QED) is 0.513. The summed E-state index contributed by atoms with van der Waals surface area (Å²) in [6.45, 7) is 0. The highest BCUT2D eigenvalue weighted by Crippen LogP contribution is 2.26. The van der Waals surface area contributed by atoms with Crippen molar-refractivity contribution < 1.29 is 4.74 Å². The molecule has 0 aliphatic rings. The summed E-state index contributed by atoms with van der Waals surface area (Å²) in [5, 5.41) is 0. The molecule has 18 heavy (non-hydrogen) atoms. The van der Waals surface area contributed by atoms with Crippen LogP contribution in [0.3, 0.4) is 0 Å². The van der Waals surface area contributed by atoms with E-state index < -0.39 is 0 Å². The van der Waals surface area contributed by atoms with Crippen molar-refractivity contribution in [1.82, 2.24) is 0 Å². The van der Waals surface area contributed by atoms with Crippen LogP contribution in [0.25, 0.3) is 0 Å². The lowest BCUT2D eigenvalue weighted by molar-refractivity contribution is 0.136. The molecule has 3 heteroatoms. The monoisotopic (exact) mass is 353 g/mol. The fourth-order valence-electron chi connectivity index (χ4n) is 1.92. The average molecular weight is 353 g/mol. The first kappa shape index (κ1) is 13.4. The van der Waals surface area contributed by atoms with E-state index in [4.69, 9.17) is 10.5 Å². The minimum absolute atomic E-state index is 0.0335. The minimum Gasteiger partial charge on any atom is -0.399 e. The first-order valence-corrected chi connectivity index (χ1v) is 7.30. The number of rotatable bonds is 4. The first-order valence-electron chi connectivity index (χ1n) is 5.77. The molecule has 0 aromatic heterocycles. The Bertz CT molecular complexity index is 493. The highest BCUT2D eigenvalue weighted by Gasteiger charge is 2.12. The van der Waals surface area contributed by atoms with Gasteiger partial charge in [-0.25, -0.2) is 0 Å². The Balaban J connectivity index is 2.29. The molecule has 0 radical (unpaired) electrons. The van der Waals surface area contributed by atoms with Crippen molar-refractivity contribution in [2.45, 2.75) is 10.5 Å². The topological polar surface area (TPSA) is 35.2 Å². The van der Waals surface area contributed by atoms with Gasteiger partial charge in [-0.15, -0.1) is 0 Å². The molecule has 94 valence electrons. The zero-order valence-corrected chi connectivity index (χ0v) is 12.4. The van der Waals surface area contributed by atoms with Gasteiger partial charge in [0.1, 0.15) is 6.10 Å². The third-order valence-corrected chi connectivity index (χ3v) is 3.79. The third kappa shape index (κ3) is 3.03. The van der Waals surface area contributed by atoms with Crippen LogP contribution in [0.1, 0.15) is 22.8 Å². The highest BCUT2D eigenvalue weighted by atomic mass is 127. The molecule has 0 fully saturated rings. The lowest BCUT2D eigenvalue weighted by Gasteiger charge is -2.16. The van der Waals surface area contributed by atoms with Gasteiger partial charge < -0.3 is 10.5 Å². The summed E-state index contributed by atoms with van der Waals surface area (Å²) in [6.07, 6.45) is -0.0335. The second-order valence-corrected chi connectivity index (χ2v) is 4.92. The second-order valence-electron chi connectivity index (χ2n) is 4.16. The largest absolute Gasteiger partial charge is 0.399 e. The maximum absolute atomic E-state index is 5.70. The Hall–Kier alpha value is -1.07. The average Bonchev–Trinajstić information content (AvgIpc) is 2.42. The van der Waals surface area contributed by atoms with E-state index in [1.54, 1.807) is 7.11 Å². The molecule has 2 N–H and O–H groups in total. The van der Waals surface area contributed by atoms with Gasteiger partial charge in [0.05, 0.1) is 0 Å². The summed E-state index contributed by atoms with van der Waals surface area (Å²) in [7, 11) is 1.73. The molecule has 0 saturated carbocycles. The highest BCUT2D eigenvalue weighted by molar-refractivity contribution is 14.1. The number of methoxy groups -OCH3 is 1. The van der Waals surface area contributed by atoms with Crippen molar-refractivity contribution in [3.05, 3.63) is 65.2 Å². The van der Waals surface area contributed by atoms with Crippen molar-refractivity contribution in [3.63, 3.8) is 0 Å². The molecule has 0 amide bonds. The first-order chi connectivity index (χ1) is 8.74. The van der Waals surface area contributed by atoms with E-state index in [2.05, 4.69) is 46.9 Å². The SMILES string of the molecule is COC(c1ccc(N)cc1)c1ccc(CI)cc1. The van der Waals surface area contributed by atoms with Gasteiger partial charge in [0.25, 0.3) is 0 Å². The second kappa shape index (κ2) is 6.20. The van der Waals surface area contributed by atoms with E-state index in [0.717, 1.165) is 21.2 Å². The third-order valence-electron chi connectivity index (χ3n) is 2.91. The molecule has 0 spiro atoms. The van der Waals surface area contributed by atoms with Crippen molar-refractivity contribution in [2.24, 2.45) is 0 Å². The van der Waals surface area contributed by atoms with E-state index >= 15 is 0 Å². The predicted molar refractivity (Wildman–Crippen MR) is 83.9 cm³/mol. The number of benzene rings is 2. The fraction of sp³-hybridized carbons (Fsp3) is 0.200. The van der Waals surface area contributed by atoms with E-state index in [9.17, 15) is 0 Å². The number of hydrogen-bond donors (Lipinski definition) is 1. The van der Waals surface area contributed by atoms with Gasteiger partial charge in [-0.1, -0.05) is 59.0 Å². The molecule has 0 saturated heterocycles. The molecule has 0 aliphatic heterocycles. The Morgan fingerprint density at radius 2 is 1.50 bits per heavy atom. The Labute approximate surface area is 121 Å². The Morgan fingerprint density at radius 1 is 1.00 bits per heavy atom. The van der Waals surface area contributed by atoms with E-state index in [1.807, 2.05) is 24.3 Å². The van der Waals surface area contributed by atoms with Gasteiger partial charge in [-0.05, 0) is 28.8 Å². The zero-order valence-electron chi connectivity index (χ0n) is 10.3. The molecule has 2 rings (SSSR count). The molecule has 1 unspecified atom stereocenters. The van der Waals surface area contributed by atoms with Crippen LogP contribution in [0.5, 0.6) is 0 Å². The van der Waals surface area contributed by atoms with Crippen molar-refractivity contribution in [2.75, 3.05) is 12.8 Å². The standard InChI is InChI=1S/C15H16INO/c1-18-15(13-6-8-14(17)9-7-13)12-4-2-11(10-16)3-5-12/h2-9,15H,10,17H2,1H3. The number of alkyl halides is 1. The van der Waals surface area contributed by atoms with Crippen LogP contribution in [0.2, 0.25) is 0 Å². The predicted octanol–water partition coefficient (Wildman–Crippen LogP) is 3.94. The number of ether oxygens (including phenoxy) is 1. The van der Waals surface area contributed by atoms with Crippen LogP contribution in [-0.2, 0) is 9.16 Å². The van der Waals surface area contributed by atoms with Crippen LogP contribution in [0.15, 0.2) is 48.5 Å². The van der Waals surface area contributed by atoms with Gasteiger partial charge in [-0.3, -0.25) is 0 Å². The summed E-state index contributed by atoms with van der Waals surface area (Å²) in [6, 6.07) is 16.4. The fourth-order valence-corrected chi connectivity index (χ4v) is 2.43. The lowest BCUT2D eigenvalue weighted by atomic mass is 10.0. The maximum Gasteiger partial charge on any atom is 0.107 e. The van der Waals surface area contributed by atoms with Gasteiger partial charge in [0, 0.05) is 17.2 Å². The smallest absolute Gasteiger partial charge is 0.107 e. The molecule has 2 nitrogen and oxygen atoms in total. The van der Waals surface area contributed by atoms with Crippen LogP contribution < -0.4 is 5.73 Å². The van der Waals surface area contributed by atoms with Crippen LogP contribution in [0.4, 0.5) is 5.69 Å². The number of nitrogens with two attached hydrogens (primary N) is 1. The van der Waals surface area contributed by atoms with Crippen molar-refractivity contribution in [3.8, 4) is 0 Å². The number of nitrogen functional groups attached to an aromatic ring is 1. The summed E-state index contributed by atoms with van der Waals surface area (Å²) in [4.78, 5) is 0. The molecule has 2 aromatic carbocycles. The van der Waals surface area contributed by atoms with Crippen LogP contribution >= 0.6 is 22.6 Å². The van der Waals surface area contributed by atoms with E-state index in [1.165, 1.54) is 5.56 Å². The number of anilines is 1. The Morgan fingerprint density at radius 3 is 1.94 bits per heavy atom. The van der Waals surface area contributed by atoms with Crippen LogP contribution in [0, 0.1) is 0 Å². The molecular weight excluding hydrogens is 337 g/mol. The van der Waals surface area contributed by atoms with Crippen molar-refractivity contribution in [1.29, 1.82) is 0 Å². The van der Waals surface area contributed by atoms with E-state index in [0.29, 0.717) is 0 Å². The maximum atomic E-state index is 5.70. The summed E-state index contributed by atoms with van der Waals surface area (Å²) in [5.74, 6) is 0. The van der Waals surface area contributed by atoms with Crippen molar-refractivity contribution >= 4 is 28.3 Å². The lowest BCUT2D eigenvalue weighted by Crippen LogP contribution is -2.03. The summed E-state index contributed by atoms with van der Waals surface area (Å²) in [5.41, 5.74) is 10.1. The minimum atomic E-state index is -0.0335. The molecule has 1 atom stereocenters. The summed E-state index contributed by atoms with van der Waals surface area (Å²) >= 11 is 2.36. The number of halogens is 1. The molecular formula is C15H16INO. The summed E-state index contributed by atoms with van der Waals surface area (Å²) < 4.78 is 6.62. The number of hydrogen-bond acceptors (Lipinski definition) is 2. The zero-order chi connectivity index (χ0) is 13.0. The van der Waals surface area contributed by atoms with Gasteiger partial charge in [0.15, 0.2) is 0 Å². The molecule has 2 aromatic rings. The van der Waals surface area contributed by atoms with E-state index in [-0.39, 0.29) is 6.10 Å². The van der Waals surface area contributed by atoms with Gasteiger partial charge >= 0.3 is 0 Å². The molecule has 0 heterocycles.